The minimum atomic E-state index is -0.901. The smallest absolute Gasteiger partial charge is 0.234 e. The van der Waals surface area contributed by atoms with Gasteiger partial charge in [-0.1, -0.05) is 6.07 Å². The molecule has 6 heteroatoms. The number of nitrogens with one attached hydrogen (secondary N) is 1. The average molecular weight is 283 g/mol. The van der Waals surface area contributed by atoms with E-state index in [4.69, 9.17) is 5.73 Å². The van der Waals surface area contributed by atoms with Crippen molar-refractivity contribution in [3.05, 3.63) is 35.4 Å². The lowest BCUT2D eigenvalue weighted by Crippen LogP contribution is -2.44. The van der Waals surface area contributed by atoms with Crippen LogP contribution in [0.1, 0.15) is 18.4 Å². The highest BCUT2D eigenvalue weighted by molar-refractivity contribution is 5.78. The maximum absolute atomic E-state index is 13.0. The first kappa shape index (κ1) is 14.9. The largest absolute Gasteiger partial charge is 0.351 e. The number of amides is 1. The first-order chi connectivity index (χ1) is 9.54. The van der Waals surface area contributed by atoms with Crippen LogP contribution in [-0.4, -0.2) is 36.5 Å². The average Bonchev–Trinajstić information content (AvgIpc) is 2.43. The molecule has 0 aromatic heterocycles. The molecule has 1 aromatic carbocycles. The van der Waals surface area contributed by atoms with Gasteiger partial charge < -0.3 is 11.1 Å². The maximum atomic E-state index is 13.0. The van der Waals surface area contributed by atoms with Crippen LogP contribution in [0, 0.1) is 11.6 Å². The molecule has 1 aliphatic rings. The van der Waals surface area contributed by atoms with Crippen LogP contribution in [0.3, 0.4) is 0 Å². The van der Waals surface area contributed by atoms with Gasteiger partial charge in [-0.2, -0.15) is 0 Å². The second kappa shape index (κ2) is 6.76. The molecule has 3 N–H and O–H groups in total. The summed E-state index contributed by atoms with van der Waals surface area (Å²) in [4.78, 5) is 13.8. The number of nitrogens with zero attached hydrogens (tertiary/aromatic N) is 1. The highest BCUT2D eigenvalue weighted by Gasteiger charge is 2.17. The molecule has 0 radical (unpaired) electrons. The number of carbonyl (C=O) groups is 1. The van der Waals surface area contributed by atoms with Crippen LogP contribution in [0.2, 0.25) is 0 Å². The van der Waals surface area contributed by atoms with Crippen molar-refractivity contribution in [2.45, 2.75) is 25.4 Å². The quantitative estimate of drug-likeness (QED) is 0.867. The van der Waals surface area contributed by atoms with Crippen molar-refractivity contribution in [3.8, 4) is 0 Å². The van der Waals surface area contributed by atoms with E-state index in [0.717, 1.165) is 38.1 Å². The molecule has 0 bridgehead atoms. The Hall–Kier alpha value is -1.53. The first-order valence-corrected chi connectivity index (χ1v) is 6.73. The Kier molecular flexibility index (Phi) is 5.03. The third-order valence-electron chi connectivity index (χ3n) is 3.47. The van der Waals surface area contributed by atoms with Gasteiger partial charge in [0.2, 0.25) is 5.91 Å². The monoisotopic (exact) mass is 283 g/mol. The summed E-state index contributed by atoms with van der Waals surface area (Å²) in [7, 11) is 0. The van der Waals surface area contributed by atoms with E-state index in [1.54, 1.807) is 0 Å². The zero-order chi connectivity index (χ0) is 14.5. The number of benzene rings is 1. The molecule has 1 saturated heterocycles. The molecule has 0 spiro atoms. The molecule has 1 heterocycles. The van der Waals surface area contributed by atoms with Crippen LogP contribution in [0.25, 0.3) is 0 Å². The number of likely N-dealkylation sites (tertiary alicyclic amines) is 1. The molecule has 0 saturated carbocycles. The molecule has 2 rings (SSSR count). The molecular formula is C14H19F2N3O. The van der Waals surface area contributed by atoms with Gasteiger partial charge in [0, 0.05) is 25.7 Å². The summed E-state index contributed by atoms with van der Waals surface area (Å²) in [5.74, 6) is -1.91. The maximum Gasteiger partial charge on any atom is 0.234 e. The second-order valence-electron chi connectivity index (χ2n) is 5.14. The van der Waals surface area contributed by atoms with E-state index in [0.29, 0.717) is 12.1 Å². The van der Waals surface area contributed by atoms with Crippen molar-refractivity contribution in [1.29, 1.82) is 0 Å². The predicted molar refractivity (Wildman–Crippen MR) is 71.9 cm³/mol. The summed E-state index contributed by atoms with van der Waals surface area (Å²) in [6, 6.07) is 3.84. The third kappa shape index (κ3) is 4.25. The van der Waals surface area contributed by atoms with Gasteiger partial charge in [0.25, 0.3) is 0 Å². The van der Waals surface area contributed by atoms with E-state index in [1.807, 2.05) is 4.90 Å². The molecule has 110 valence electrons. The minimum absolute atomic E-state index is 0.120. The van der Waals surface area contributed by atoms with Gasteiger partial charge in [0.1, 0.15) is 0 Å². The van der Waals surface area contributed by atoms with E-state index < -0.39 is 11.6 Å². The standard InChI is InChI=1S/C14H19F2N3O/c15-12-2-1-10(7-13(12)16)8-18-14(20)9-19-5-3-11(17)4-6-19/h1-2,7,11H,3-6,8-9,17H2,(H,18,20). The van der Waals surface area contributed by atoms with Gasteiger partial charge in [0.05, 0.1) is 6.54 Å². The molecule has 1 aromatic rings. The Morgan fingerprint density at radius 1 is 1.30 bits per heavy atom. The zero-order valence-corrected chi connectivity index (χ0v) is 11.2. The molecule has 0 atom stereocenters. The van der Waals surface area contributed by atoms with Crippen LogP contribution >= 0.6 is 0 Å². The van der Waals surface area contributed by atoms with Crippen LogP contribution in [0.5, 0.6) is 0 Å². The molecule has 0 aliphatic carbocycles. The van der Waals surface area contributed by atoms with Gasteiger partial charge >= 0.3 is 0 Å². The summed E-state index contributed by atoms with van der Waals surface area (Å²) in [6.07, 6.45) is 1.80. The van der Waals surface area contributed by atoms with E-state index in [-0.39, 0.29) is 18.5 Å². The van der Waals surface area contributed by atoms with Gasteiger partial charge in [0.15, 0.2) is 11.6 Å². The topological polar surface area (TPSA) is 58.4 Å². The molecule has 1 aliphatic heterocycles. The minimum Gasteiger partial charge on any atom is -0.351 e. The summed E-state index contributed by atoms with van der Waals surface area (Å²) in [5, 5.41) is 2.70. The van der Waals surface area contributed by atoms with Crippen LogP contribution in [-0.2, 0) is 11.3 Å². The lowest BCUT2D eigenvalue weighted by atomic mass is 10.1. The van der Waals surface area contributed by atoms with Gasteiger partial charge in [-0.15, -0.1) is 0 Å². The Bertz CT molecular complexity index is 473. The van der Waals surface area contributed by atoms with Crippen molar-refractivity contribution in [3.63, 3.8) is 0 Å². The van der Waals surface area contributed by atoms with Crippen LogP contribution in [0.15, 0.2) is 18.2 Å². The van der Waals surface area contributed by atoms with Crippen molar-refractivity contribution in [2.24, 2.45) is 5.73 Å². The molecule has 1 fully saturated rings. The van der Waals surface area contributed by atoms with Gasteiger partial charge in [-0.3, -0.25) is 9.69 Å². The Morgan fingerprint density at radius 2 is 2.00 bits per heavy atom. The molecular weight excluding hydrogens is 264 g/mol. The highest BCUT2D eigenvalue weighted by Crippen LogP contribution is 2.09. The van der Waals surface area contributed by atoms with Crippen molar-refractivity contribution in [1.82, 2.24) is 10.2 Å². The predicted octanol–water partition coefficient (Wildman–Crippen LogP) is 1.00. The first-order valence-electron chi connectivity index (χ1n) is 6.73. The van der Waals surface area contributed by atoms with Crippen LogP contribution in [0.4, 0.5) is 8.78 Å². The van der Waals surface area contributed by atoms with E-state index >= 15 is 0 Å². The number of carbonyl (C=O) groups excluding carboxylic acids is 1. The SMILES string of the molecule is NC1CCN(CC(=O)NCc2ccc(F)c(F)c2)CC1. The number of piperidine rings is 1. The molecule has 1 amide bonds. The van der Waals surface area contributed by atoms with E-state index in [9.17, 15) is 13.6 Å². The van der Waals surface area contributed by atoms with Crippen molar-refractivity contribution < 1.29 is 13.6 Å². The van der Waals surface area contributed by atoms with E-state index in [2.05, 4.69) is 5.32 Å². The van der Waals surface area contributed by atoms with Crippen molar-refractivity contribution >= 4 is 5.91 Å². The summed E-state index contributed by atoms with van der Waals surface area (Å²) < 4.78 is 25.8. The molecule has 0 unspecified atom stereocenters. The lowest BCUT2D eigenvalue weighted by molar-refractivity contribution is -0.122. The van der Waals surface area contributed by atoms with Crippen LogP contribution < -0.4 is 11.1 Å². The Labute approximate surface area is 116 Å². The number of rotatable bonds is 4. The zero-order valence-electron chi connectivity index (χ0n) is 11.2. The van der Waals surface area contributed by atoms with Crippen molar-refractivity contribution in [2.75, 3.05) is 19.6 Å². The Balaban J connectivity index is 1.76. The summed E-state index contributed by atoms with van der Waals surface area (Å²) >= 11 is 0. The fourth-order valence-corrected chi connectivity index (χ4v) is 2.22. The normalized spacial score (nSPS) is 17.1. The lowest BCUT2D eigenvalue weighted by Gasteiger charge is -2.29. The number of hydrogen-bond acceptors (Lipinski definition) is 3. The van der Waals surface area contributed by atoms with E-state index in [1.165, 1.54) is 6.07 Å². The molecule has 4 nitrogen and oxygen atoms in total. The summed E-state index contributed by atoms with van der Waals surface area (Å²) in [6.45, 7) is 2.15. The second-order valence-corrected chi connectivity index (χ2v) is 5.14. The Morgan fingerprint density at radius 3 is 2.65 bits per heavy atom. The van der Waals surface area contributed by atoms with Gasteiger partial charge in [-0.25, -0.2) is 8.78 Å². The third-order valence-corrected chi connectivity index (χ3v) is 3.47. The highest BCUT2D eigenvalue weighted by atomic mass is 19.2. The number of nitrogens with two attached hydrogens (primary N) is 1. The fraction of sp³-hybridized carbons (Fsp3) is 0.500. The molecule has 20 heavy (non-hydrogen) atoms. The number of hydrogen-bond donors (Lipinski definition) is 2. The van der Waals surface area contributed by atoms with Gasteiger partial charge in [-0.05, 0) is 30.5 Å². The summed E-state index contributed by atoms with van der Waals surface area (Å²) in [5.41, 5.74) is 6.34. The number of halogens is 2. The fourth-order valence-electron chi connectivity index (χ4n) is 2.22.